The van der Waals surface area contributed by atoms with Gasteiger partial charge in [-0.05, 0) is 17.2 Å². The van der Waals surface area contributed by atoms with Crippen molar-refractivity contribution in [3.63, 3.8) is 0 Å². The minimum Gasteiger partial charge on any atom is -0.383 e. The number of ether oxygens (including phenoxy) is 3. The van der Waals surface area contributed by atoms with E-state index in [1.165, 1.54) is 12.3 Å². The van der Waals surface area contributed by atoms with Crippen LogP contribution in [0.3, 0.4) is 0 Å². The lowest BCUT2D eigenvalue weighted by atomic mass is 10.1. The molecule has 2 aliphatic rings. The Balaban J connectivity index is 1.47. The maximum absolute atomic E-state index is 13.8. The number of nitrogen functional groups attached to an aromatic ring is 1. The van der Waals surface area contributed by atoms with E-state index in [1.54, 1.807) is 0 Å². The third-order valence-corrected chi connectivity index (χ3v) is 6.53. The Morgan fingerprint density at radius 1 is 1.03 bits per heavy atom. The Labute approximate surface area is 199 Å². The molecule has 1 saturated heterocycles. The van der Waals surface area contributed by atoms with Crippen molar-refractivity contribution in [3.05, 3.63) is 94.5 Å². The van der Waals surface area contributed by atoms with Crippen LogP contribution in [-0.2, 0) is 27.4 Å². The maximum atomic E-state index is 13.8. The average molecular weight is 487 g/mol. The molecule has 1 saturated carbocycles. The number of benzene rings is 2. The van der Waals surface area contributed by atoms with Gasteiger partial charge in [0.1, 0.15) is 29.4 Å². The first kappa shape index (κ1) is 23.5. The van der Waals surface area contributed by atoms with E-state index in [2.05, 4.69) is 4.98 Å². The van der Waals surface area contributed by atoms with Crippen molar-refractivity contribution in [1.29, 1.82) is 0 Å². The first-order valence-electron chi connectivity index (χ1n) is 11.2. The van der Waals surface area contributed by atoms with Gasteiger partial charge in [-0.1, -0.05) is 60.7 Å². The minimum atomic E-state index is -4.55. The molecule has 184 valence electrons. The van der Waals surface area contributed by atoms with Crippen LogP contribution in [0.5, 0.6) is 0 Å². The molecule has 35 heavy (non-hydrogen) atoms. The topological polar surface area (TPSA) is 88.6 Å². The number of hydrogen-bond donors (Lipinski definition) is 1. The SMILES string of the molecule is Nc1ccn([C@H]2C[C@@]3(OCc4ccccc4)C(OCc4ccccc4)[C@@]3(CC(F)(F)F)O2)c(=O)n1. The molecular formula is C25H24F3N3O4. The highest BCUT2D eigenvalue weighted by molar-refractivity contribution is 5.35. The second kappa shape index (κ2) is 8.78. The number of rotatable bonds is 8. The molecule has 0 amide bonds. The molecule has 2 aromatic carbocycles. The second-order valence-electron chi connectivity index (χ2n) is 8.84. The number of aromatic nitrogens is 2. The third-order valence-electron chi connectivity index (χ3n) is 6.53. The summed E-state index contributed by atoms with van der Waals surface area (Å²) in [5, 5.41) is 0. The molecule has 1 aliphatic heterocycles. The lowest BCUT2D eigenvalue weighted by molar-refractivity contribution is -0.186. The Morgan fingerprint density at radius 2 is 1.66 bits per heavy atom. The highest BCUT2D eigenvalue weighted by Crippen LogP contribution is 2.69. The number of halogens is 3. The van der Waals surface area contributed by atoms with E-state index in [0.29, 0.717) is 0 Å². The molecule has 0 spiro atoms. The summed E-state index contributed by atoms with van der Waals surface area (Å²) in [5.41, 5.74) is 3.26. The lowest BCUT2D eigenvalue weighted by Gasteiger charge is -2.23. The molecule has 7 nitrogen and oxygen atoms in total. The molecule has 1 aliphatic carbocycles. The van der Waals surface area contributed by atoms with Gasteiger partial charge in [-0.25, -0.2) is 4.79 Å². The monoisotopic (exact) mass is 487 g/mol. The minimum absolute atomic E-state index is 0.0125. The first-order chi connectivity index (χ1) is 16.7. The average Bonchev–Trinajstić information content (AvgIpc) is 3.15. The Bertz CT molecular complexity index is 1240. The summed E-state index contributed by atoms with van der Waals surface area (Å²) < 4.78 is 60.8. The molecule has 4 atom stereocenters. The van der Waals surface area contributed by atoms with Crippen LogP contribution in [0, 0.1) is 0 Å². The van der Waals surface area contributed by atoms with Crippen LogP contribution >= 0.6 is 0 Å². The summed E-state index contributed by atoms with van der Waals surface area (Å²) in [6.45, 7) is 0.162. The van der Waals surface area contributed by atoms with Crippen molar-refractivity contribution in [1.82, 2.24) is 9.55 Å². The normalized spacial score (nSPS) is 27.5. The van der Waals surface area contributed by atoms with Crippen LogP contribution in [0.15, 0.2) is 77.7 Å². The van der Waals surface area contributed by atoms with Crippen LogP contribution < -0.4 is 11.4 Å². The molecule has 1 aromatic heterocycles. The fraction of sp³-hybridized carbons (Fsp3) is 0.360. The van der Waals surface area contributed by atoms with E-state index in [-0.39, 0.29) is 25.5 Å². The van der Waals surface area contributed by atoms with E-state index in [4.69, 9.17) is 19.9 Å². The summed E-state index contributed by atoms with van der Waals surface area (Å²) in [6.07, 6.45) is -6.46. The predicted octanol–water partition coefficient (Wildman–Crippen LogP) is 3.99. The van der Waals surface area contributed by atoms with Crippen molar-refractivity contribution in [3.8, 4) is 0 Å². The molecule has 1 unspecified atom stereocenters. The lowest BCUT2D eigenvalue weighted by Crippen LogP contribution is -2.33. The summed E-state index contributed by atoms with van der Waals surface area (Å²) in [6, 6.07) is 19.7. The fourth-order valence-corrected chi connectivity index (χ4v) is 4.94. The van der Waals surface area contributed by atoms with Crippen molar-refractivity contribution < 1.29 is 27.4 Å². The zero-order valence-corrected chi connectivity index (χ0v) is 18.6. The molecule has 3 aromatic rings. The van der Waals surface area contributed by atoms with Crippen molar-refractivity contribution in [2.75, 3.05) is 5.73 Å². The van der Waals surface area contributed by atoms with E-state index in [9.17, 15) is 18.0 Å². The molecule has 10 heteroatoms. The zero-order chi connectivity index (χ0) is 24.7. The van der Waals surface area contributed by atoms with Gasteiger partial charge in [-0.3, -0.25) is 4.57 Å². The third kappa shape index (κ3) is 4.44. The number of fused-ring (bicyclic) bond motifs is 1. The van der Waals surface area contributed by atoms with Gasteiger partial charge in [0.05, 0.1) is 19.6 Å². The number of hydrogen-bond acceptors (Lipinski definition) is 6. The van der Waals surface area contributed by atoms with Gasteiger partial charge in [0, 0.05) is 12.6 Å². The largest absolute Gasteiger partial charge is 0.392 e. The molecule has 2 N–H and O–H groups in total. The Kier molecular flexibility index (Phi) is 5.90. The second-order valence-corrected chi connectivity index (χ2v) is 8.84. The number of anilines is 1. The van der Waals surface area contributed by atoms with Gasteiger partial charge >= 0.3 is 11.9 Å². The van der Waals surface area contributed by atoms with Gasteiger partial charge in [-0.2, -0.15) is 18.2 Å². The van der Waals surface area contributed by atoms with Gasteiger partial charge in [-0.15, -0.1) is 0 Å². The molecule has 0 bridgehead atoms. The van der Waals surface area contributed by atoms with Crippen molar-refractivity contribution >= 4 is 5.82 Å². The van der Waals surface area contributed by atoms with E-state index in [1.807, 2.05) is 60.7 Å². The quantitative estimate of drug-likeness (QED) is 0.517. The standard InChI is InChI=1S/C25H24F3N3O4/c26-25(27,28)16-24-21(33-14-17-7-3-1-4-8-17)23(24,34-15-18-9-5-2-6-10-18)13-20(35-24)31-12-11-19(29)30-22(31)32/h1-12,20-21H,13-16H2,(H2,29,30,32)/t20-,21?,23-,24-/m1/s1. The molecule has 2 heterocycles. The van der Waals surface area contributed by atoms with Gasteiger partial charge in [0.15, 0.2) is 0 Å². The maximum Gasteiger partial charge on any atom is 0.392 e. The highest BCUT2D eigenvalue weighted by Gasteiger charge is 2.87. The van der Waals surface area contributed by atoms with Gasteiger partial charge in [0.2, 0.25) is 0 Å². The summed E-state index contributed by atoms with van der Waals surface area (Å²) in [5.74, 6) is 0.0125. The van der Waals surface area contributed by atoms with Gasteiger partial charge < -0.3 is 19.9 Å². The zero-order valence-electron chi connectivity index (χ0n) is 18.6. The first-order valence-corrected chi connectivity index (χ1v) is 11.2. The van der Waals surface area contributed by atoms with Crippen molar-refractivity contribution in [2.24, 2.45) is 0 Å². The predicted molar refractivity (Wildman–Crippen MR) is 120 cm³/mol. The number of alkyl halides is 3. The van der Waals surface area contributed by atoms with E-state index >= 15 is 0 Å². The summed E-state index contributed by atoms with van der Waals surface area (Å²) >= 11 is 0. The van der Waals surface area contributed by atoms with E-state index in [0.717, 1.165) is 15.7 Å². The number of nitrogens with two attached hydrogens (primary N) is 1. The molecule has 5 rings (SSSR count). The van der Waals surface area contributed by atoms with Gasteiger partial charge in [0.25, 0.3) is 0 Å². The molecular weight excluding hydrogens is 463 g/mol. The molecule has 2 fully saturated rings. The van der Waals surface area contributed by atoms with Crippen LogP contribution in [-0.4, -0.2) is 33.0 Å². The Morgan fingerprint density at radius 3 is 2.26 bits per heavy atom. The van der Waals surface area contributed by atoms with Crippen LogP contribution in [0.25, 0.3) is 0 Å². The van der Waals surface area contributed by atoms with Crippen LogP contribution in [0.1, 0.15) is 30.2 Å². The summed E-state index contributed by atoms with van der Waals surface area (Å²) in [4.78, 5) is 16.1. The van der Waals surface area contributed by atoms with Crippen LogP contribution in [0.2, 0.25) is 0 Å². The van der Waals surface area contributed by atoms with E-state index < -0.39 is 41.8 Å². The molecule has 0 radical (unpaired) electrons. The van der Waals surface area contributed by atoms with Crippen molar-refractivity contribution in [2.45, 2.75) is 55.8 Å². The fourth-order valence-electron chi connectivity index (χ4n) is 4.94. The summed E-state index contributed by atoms with van der Waals surface area (Å²) in [7, 11) is 0. The highest BCUT2D eigenvalue weighted by atomic mass is 19.4. The Hall–Kier alpha value is -3.21. The number of nitrogens with zero attached hydrogens (tertiary/aromatic N) is 2. The smallest absolute Gasteiger partial charge is 0.383 e. The van der Waals surface area contributed by atoms with Crippen LogP contribution in [0.4, 0.5) is 19.0 Å².